The summed E-state index contributed by atoms with van der Waals surface area (Å²) in [7, 11) is 0. The summed E-state index contributed by atoms with van der Waals surface area (Å²) in [6.07, 6.45) is -0.437. The average molecular weight is 434 g/mol. The Morgan fingerprint density at radius 3 is 2.63 bits per heavy atom. The lowest BCUT2D eigenvalue weighted by molar-refractivity contribution is -0.139. The van der Waals surface area contributed by atoms with Crippen LogP contribution in [0, 0.1) is 0 Å². The third-order valence-corrected chi connectivity index (χ3v) is 5.98. The number of amides is 1. The number of halogens is 3. The molecule has 0 radical (unpaired) electrons. The van der Waals surface area contributed by atoms with Crippen molar-refractivity contribution < 1.29 is 18.0 Å². The van der Waals surface area contributed by atoms with Crippen LogP contribution in [0.3, 0.4) is 0 Å². The van der Waals surface area contributed by atoms with Gasteiger partial charge in [-0.2, -0.15) is 13.2 Å². The second-order valence-electron chi connectivity index (χ2n) is 7.18. The third-order valence-electron chi connectivity index (χ3n) is 5.21. The van der Waals surface area contributed by atoms with E-state index in [0.717, 1.165) is 16.9 Å². The van der Waals surface area contributed by atoms with Crippen molar-refractivity contribution >= 4 is 17.2 Å². The molecule has 1 fully saturated rings. The summed E-state index contributed by atoms with van der Waals surface area (Å²) in [5, 5.41) is 2.80. The van der Waals surface area contributed by atoms with E-state index in [-0.39, 0.29) is 24.4 Å². The zero-order valence-corrected chi connectivity index (χ0v) is 17.0. The highest BCUT2D eigenvalue weighted by Gasteiger charge is 2.34. The first kappa shape index (κ1) is 20.6. The Balaban J connectivity index is 1.44. The number of carbonyl (C=O) groups excluding carboxylic acids is 1. The molecule has 30 heavy (non-hydrogen) atoms. The normalized spacial score (nSPS) is 16.1. The predicted molar refractivity (Wildman–Crippen MR) is 108 cm³/mol. The molecule has 4 rings (SSSR count). The number of hydrogen-bond donors (Lipinski definition) is 0. The van der Waals surface area contributed by atoms with Crippen LogP contribution in [0.2, 0.25) is 0 Å². The molecule has 0 atom stereocenters. The minimum atomic E-state index is -4.43. The average Bonchev–Trinajstić information content (AvgIpc) is 3.36. The molecule has 0 saturated carbocycles. The molecule has 3 heterocycles. The monoisotopic (exact) mass is 434 g/mol. The fraction of sp³-hybridized carbons (Fsp3) is 0.333. The number of thiazole rings is 1. The van der Waals surface area contributed by atoms with Gasteiger partial charge in [-0.3, -0.25) is 14.3 Å². The van der Waals surface area contributed by atoms with Gasteiger partial charge in [0, 0.05) is 62.6 Å². The van der Waals surface area contributed by atoms with Crippen molar-refractivity contribution in [3.05, 3.63) is 71.0 Å². The number of rotatable bonds is 5. The summed E-state index contributed by atoms with van der Waals surface area (Å²) in [6, 6.07) is 9.43. The van der Waals surface area contributed by atoms with Gasteiger partial charge in [-0.1, -0.05) is 18.2 Å². The number of alkyl halides is 3. The maximum Gasteiger partial charge on any atom is 0.416 e. The number of carbonyl (C=O) groups is 1. The molecule has 1 saturated heterocycles. The Hall–Kier alpha value is -2.65. The van der Waals surface area contributed by atoms with Gasteiger partial charge in [0.25, 0.3) is 0 Å². The lowest BCUT2D eigenvalue weighted by Gasteiger charge is -2.24. The van der Waals surface area contributed by atoms with E-state index in [0.29, 0.717) is 26.2 Å². The Morgan fingerprint density at radius 1 is 1.03 bits per heavy atom. The van der Waals surface area contributed by atoms with Crippen molar-refractivity contribution in [2.75, 3.05) is 19.6 Å². The van der Waals surface area contributed by atoms with Crippen LogP contribution in [0.1, 0.15) is 23.2 Å². The van der Waals surface area contributed by atoms with E-state index in [4.69, 9.17) is 0 Å². The molecule has 1 aliphatic rings. The minimum Gasteiger partial charge on any atom is -0.337 e. The van der Waals surface area contributed by atoms with E-state index < -0.39 is 11.7 Å². The van der Waals surface area contributed by atoms with E-state index in [2.05, 4.69) is 9.88 Å². The second kappa shape index (κ2) is 8.61. The van der Waals surface area contributed by atoms with Gasteiger partial charge in [0.15, 0.2) is 5.13 Å². The highest BCUT2D eigenvalue weighted by Crippen LogP contribution is 2.32. The van der Waals surface area contributed by atoms with Crippen molar-refractivity contribution in [1.29, 1.82) is 0 Å². The van der Waals surface area contributed by atoms with Gasteiger partial charge in [-0.15, -0.1) is 11.3 Å². The molecule has 1 amide bonds. The SMILES string of the molecule is O=C1CCN(Cc2cccn2-c2nccs2)CCN1Cc1ccccc1C(F)(F)F. The second-order valence-corrected chi connectivity index (χ2v) is 8.05. The van der Waals surface area contributed by atoms with Crippen molar-refractivity contribution in [2.45, 2.75) is 25.7 Å². The molecular formula is C21H21F3N4OS. The molecule has 1 aliphatic heterocycles. The molecule has 5 nitrogen and oxygen atoms in total. The number of benzene rings is 1. The molecule has 0 spiro atoms. The Kier molecular flexibility index (Phi) is 5.92. The van der Waals surface area contributed by atoms with Gasteiger partial charge in [-0.25, -0.2) is 4.98 Å². The summed E-state index contributed by atoms with van der Waals surface area (Å²) in [6.45, 7) is 2.18. The Bertz CT molecular complexity index is 1000. The highest BCUT2D eigenvalue weighted by molar-refractivity contribution is 7.12. The van der Waals surface area contributed by atoms with Crippen LogP contribution >= 0.6 is 11.3 Å². The van der Waals surface area contributed by atoms with Gasteiger partial charge in [0.1, 0.15) is 0 Å². The molecule has 9 heteroatoms. The molecule has 0 unspecified atom stereocenters. The first-order chi connectivity index (χ1) is 14.4. The lowest BCUT2D eigenvalue weighted by atomic mass is 10.1. The lowest BCUT2D eigenvalue weighted by Crippen LogP contribution is -2.33. The summed E-state index contributed by atoms with van der Waals surface area (Å²) >= 11 is 1.55. The topological polar surface area (TPSA) is 41.4 Å². The van der Waals surface area contributed by atoms with Gasteiger partial charge < -0.3 is 4.90 Å². The zero-order valence-electron chi connectivity index (χ0n) is 16.2. The highest BCUT2D eigenvalue weighted by atomic mass is 32.1. The Labute approximate surface area is 176 Å². The quantitative estimate of drug-likeness (QED) is 0.605. The molecule has 3 aromatic rings. The summed E-state index contributed by atoms with van der Waals surface area (Å²) < 4.78 is 41.9. The Morgan fingerprint density at radius 2 is 1.87 bits per heavy atom. The largest absolute Gasteiger partial charge is 0.416 e. The maximum absolute atomic E-state index is 13.3. The summed E-state index contributed by atoms with van der Waals surface area (Å²) in [4.78, 5) is 20.6. The molecule has 1 aromatic carbocycles. The van der Waals surface area contributed by atoms with Crippen LogP contribution in [-0.4, -0.2) is 44.9 Å². The number of aromatic nitrogens is 2. The molecular weight excluding hydrogens is 413 g/mol. The van der Waals surface area contributed by atoms with Gasteiger partial charge in [0.05, 0.1) is 5.56 Å². The number of nitrogens with zero attached hydrogens (tertiary/aromatic N) is 4. The third kappa shape index (κ3) is 4.57. The van der Waals surface area contributed by atoms with Crippen molar-refractivity contribution in [1.82, 2.24) is 19.4 Å². The maximum atomic E-state index is 13.3. The van der Waals surface area contributed by atoms with Crippen LogP contribution in [-0.2, 0) is 24.1 Å². The van der Waals surface area contributed by atoms with Crippen LogP contribution in [0.25, 0.3) is 5.13 Å². The van der Waals surface area contributed by atoms with E-state index in [1.807, 2.05) is 28.3 Å². The predicted octanol–water partition coefficient (Wildman–Crippen LogP) is 4.19. The van der Waals surface area contributed by atoms with Crippen LogP contribution in [0.4, 0.5) is 13.2 Å². The molecule has 2 aromatic heterocycles. The standard InChI is InChI=1S/C21H21F3N4OS/c22-21(23,24)18-6-2-1-4-16(18)14-27-12-11-26(10-7-19(27)29)15-17-5-3-9-28(17)20-25-8-13-30-20/h1-6,8-9,13H,7,10-12,14-15H2. The van der Waals surface area contributed by atoms with Crippen LogP contribution < -0.4 is 0 Å². The van der Waals surface area contributed by atoms with E-state index in [1.54, 1.807) is 23.6 Å². The fourth-order valence-corrected chi connectivity index (χ4v) is 4.33. The first-order valence-electron chi connectivity index (χ1n) is 9.63. The summed E-state index contributed by atoms with van der Waals surface area (Å²) in [5.74, 6) is -0.121. The van der Waals surface area contributed by atoms with Crippen molar-refractivity contribution in [3.8, 4) is 5.13 Å². The van der Waals surface area contributed by atoms with Gasteiger partial charge >= 0.3 is 6.18 Å². The number of hydrogen-bond acceptors (Lipinski definition) is 4. The van der Waals surface area contributed by atoms with Crippen LogP contribution in [0.5, 0.6) is 0 Å². The molecule has 158 valence electrons. The molecule has 0 N–H and O–H groups in total. The summed E-state index contributed by atoms with van der Waals surface area (Å²) in [5.41, 5.74) is 0.512. The van der Waals surface area contributed by atoms with E-state index in [1.165, 1.54) is 17.0 Å². The van der Waals surface area contributed by atoms with Gasteiger partial charge in [-0.05, 0) is 23.8 Å². The minimum absolute atomic E-state index is 0.0299. The van der Waals surface area contributed by atoms with E-state index in [9.17, 15) is 18.0 Å². The smallest absolute Gasteiger partial charge is 0.337 e. The van der Waals surface area contributed by atoms with Crippen molar-refractivity contribution in [3.63, 3.8) is 0 Å². The molecule has 0 bridgehead atoms. The molecule has 0 aliphatic carbocycles. The van der Waals surface area contributed by atoms with Gasteiger partial charge in [0.2, 0.25) is 5.91 Å². The van der Waals surface area contributed by atoms with Crippen molar-refractivity contribution in [2.24, 2.45) is 0 Å². The fourth-order valence-electron chi connectivity index (χ4n) is 3.67. The van der Waals surface area contributed by atoms with E-state index >= 15 is 0 Å². The van der Waals surface area contributed by atoms with Crippen LogP contribution in [0.15, 0.2) is 54.2 Å². The first-order valence-corrected chi connectivity index (χ1v) is 10.5. The zero-order chi connectivity index (χ0) is 21.1.